The van der Waals surface area contributed by atoms with E-state index < -0.39 is 12.1 Å². The van der Waals surface area contributed by atoms with Crippen LogP contribution in [0.4, 0.5) is 0 Å². The molecule has 0 aliphatic heterocycles. The van der Waals surface area contributed by atoms with Crippen LogP contribution in [0.2, 0.25) is 0 Å². The van der Waals surface area contributed by atoms with Crippen LogP contribution in [-0.2, 0) is 4.74 Å². The summed E-state index contributed by atoms with van der Waals surface area (Å²) in [5, 5.41) is 17.7. The third-order valence-electron chi connectivity index (χ3n) is 2.48. The zero-order valence-corrected chi connectivity index (χ0v) is 10.1. The van der Waals surface area contributed by atoms with Crippen LogP contribution >= 0.6 is 0 Å². The summed E-state index contributed by atoms with van der Waals surface area (Å²) in [5.41, 5.74) is 1.38. The quantitative estimate of drug-likeness (QED) is 0.759. The Kier molecular flexibility index (Phi) is 5.12. The number of hydrogen-bond donors (Lipinski definition) is 2. The van der Waals surface area contributed by atoms with Gasteiger partial charge in [-0.3, -0.25) is 0 Å². The summed E-state index contributed by atoms with van der Waals surface area (Å²) in [7, 11) is 0. The Morgan fingerprint density at radius 1 is 1.24 bits per heavy atom. The Balaban J connectivity index is 2.88. The van der Waals surface area contributed by atoms with E-state index in [-0.39, 0.29) is 19.1 Å². The summed E-state index contributed by atoms with van der Waals surface area (Å²) < 4.78 is 4.99. The van der Waals surface area contributed by atoms with Gasteiger partial charge in [0.1, 0.15) is 6.10 Å². The molecule has 0 fully saturated rings. The predicted octanol–water partition coefficient (Wildman–Crippen LogP) is 1.32. The normalized spacial score (nSPS) is 10.9. The van der Waals surface area contributed by atoms with Gasteiger partial charge in [0.05, 0.1) is 18.8 Å². The van der Waals surface area contributed by atoms with E-state index in [0.29, 0.717) is 5.56 Å². The summed E-state index contributed by atoms with van der Waals surface area (Å²) in [4.78, 5) is 11.9. The van der Waals surface area contributed by atoms with Crippen molar-refractivity contribution in [1.82, 2.24) is 0 Å². The van der Waals surface area contributed by atoms with Gasteiger partial charge in [-0.2, -0.15) is 0 Å². The number of aliphatic hydroxyl groups excluding tert-OH is 2. The van der Waals surface area contributed by atoms with Crippen LogP contribution in [0.15, 0.2) is 24.3 Å². The molecular weight excluding hydrogens is 220 g/mol. The summed E-state index contributed by atoms with van der Waals surface area (Å²) in [6.45, 7) is 3.21. The Labute approximate surface area is 101 Å². The summed E-state index contributed by atoms with van der Waals surface area (Å²) in [6.07, 6.45) is -0.859. The standard InChI is InChI=1S/C13H18O4/c1-9(2)11-5-3-4-6-12(11)13(16)17-10(7-14)8-15/h3-6,9-10,14-15H,7-8H2,1-2H3. The molecule has 0 aromatic heterocycles. The number of rotatable bonds is 5. The van der Waals surface area contributed by atoms with Crippen LogP contribution in [0.25, 0.3) is 0 Å². The number of hydrogen-bond acceptors (Lipinski definition) is 4. The molecule has 1 aromatic carbocycles. The number of carbonyl (C=O) groups is 1. The maximum atomic E-state index is 11.9. The fraction of sp³-hybridized carbons (Fsp3) is 0.462. The summed E-state index contributed by atoms with van der Waals surface area (Å²) in [5.74, 6) is -0.303. The van der Waals surface area contributed by atoms with Gasteiger partial charge in [0, 0.05) is 0 Å². The lowest BCUT2D eigenvalue weighted by molar-refractivity contribution is -0.00557. The highest BCUT2D eigenvalue weighted by Gasteiger charge is 2.18. The Morgan fingerprint density at radius 3 is 2.35 bits per heavy atom. The SMILES string of the molecule is CC(C)c1ccccc1C(=O)OC(CO)CO. The second-order valence-electron chi connectivity index (χ2n) is 4.13. The third kappa shape index (κ3) is 3.54. The molecule has 0 unspecified atom stereocenters. The van der Waals surface area contributed by atoms with Gasteiger partial charge < -0.3 is 14.9 Å². The molecule has 94 valence electrons. The average molecular weight is 238 g/mol. The average Bonchev–Trinajstić information content (AvgIpc) is 2.35. The highest BCUT2D eigenvalue weighted by molar-refractivity contribution is 5.91. The molecule has 0 amide bonds. The van der Waals surface area contributed by atoms with Gasteiger partial charge in [-0.15, -0.1) is 0 Å². The first-order valence-corrected chi connectivity index (χ1v) is 5.61. The van der Waals surface area contributed by atoms with Crippen molar-refractivity contribution < 1.29 is 19.7 Å². The molecule has 0 aliphatic rings. The van der Waals surface area contributed by atoms with E-state index in [1.165, 1.54) is 0 Å². The van der Waals surface area contributed by atoms with Gasteiger partial charge in [-0.25, -0.2) is 4.79 Å². The topological polar surface area (TPSA) is 66.8 Å². The zero-order chi connectivity index (χ0) is 12.8. The first-order chi connectivity index (χ1) is 8.10. The van der Waals surface area contributed by atoms with Crippen molar-refractivity contribution in [3.8, 4) is 0 Å². The minimum atomic E-state index is -0.859. The number of aliphatic hydroxyl groups is 2. The summed E-state index contributed by atoms with van der Waals surface area (Å²) in [6, 6.07) is 7.18. The van der Waals surface area contributed by atoms with E-state index >= 15 is 0 Å². The van der Waals surface area contributed by atoms with Crippen LogP contribution in [0.1, 0.15) is 35.7 Å². The van der Waals surface area contributed by atoms with Crippen LogP contribution < -0.4 is 0 Å². The van der Waals surface area contributed by atoms with Gasteiger partial charge in [0.2, 0.25) is 0 Å². The molecule has 0 saturated heterocycles. The number of ether oxygens (including phenoxy) is 1. The second-order valence-corrected chi connectivity index (χ2v) is 4.13. The van der Waals surface area contributed by atoms with Crippen molar-refractivity contribution in [2.45, 2.75) is 25.9 Å². The van der Waals surface area contributed by atoms with Gasteiger partial charge in [-0.05, 0) is 17.5 Å². The molecule has 0 radical (unpaired) electrons. The molecule has 17 heavy (non-hydrogen) atoms. The molecule has 0 heterocycles. The summed E-state index contributed by atoms with van der Waals surface area (Å²) >= 11 is 0. The van der Waals surface area contributed by atoms with E-state index in [4.69, 9.17) is 14.9 Å². The van der Waals surface area contributed by atoms with Crippen LogP contribution in [0, 0.1) is 0 Å². The molecule has 1 aromatic rings. The number of carbonyl (C=O) groups excluding carboxylic acids is 1. The Bertz CT molecular complexity index is 369. The monoisotopic (exact) mass is 238 g/mol. The van der Waals surface area contributed by atoms with Gasteiger partial charge in [0.15, 0.2) is 0 Å². The van der Waals surface area contributed by atoms with Gasteiger partial charge in [0.25, 0.3) is 0 Å². The van der Waals surface area contributed by atoms with E-state index in [1.807, 2.05) is 26.0 Å². The Hall–Kier alpha value is -1.39. The van der Waals surface area contributed by atoms with Gasteiger partial charge >= 0.3 is 5.97 Å². The first kappa shape index (κ1) is 13.7. The van der Waals surface area contributed by atoms with Crippen molar-refractivity contribution in [1.29, 1.82) is 0 Å². The molecule has 0 bridgehead atoms. The smallest absolute Gasteiger partial charge is 0.338 e. The maximum Gasteiger partial charge on any atom is 0.338 e. The lowest BCUT2D eigenvalue weighted by Crippen LogP contribution is -2.26. The first-order valence-electron chi connectivity index (χ1n) is 5.61. The van der Waals surface area contributed by atoms with Crippen molar-refractivity contribution in [3.05, 3.63) is 35.4 Å². The van der Waals surface area contributed by atoms with Crippen molar-refractivity contribution in [3.63, 3.8) is 0 Å². The molecule has 0 spiro atoms. The van der Waals surface area contributed by atoms with E-state index in [0.717, 1.165) is 5.56 Å². The van der Waals surface area contributed by atoms with E-state index in [2.05, 4.69) is 0 Å². The highest BCUT2D eigenvalue weighted by atomic mass is 16.6. The lowest BCUT2D eigenvalue weighted by atomic mass is 9.97. The van der Waals surface area contributed by atoms with Crippen LogP contribution in [0.3, 0.4) is 0 Å². The minimum absolute atomic E-state index is 0.209. The Morgan fingerprint density at radius 2 is 1.82 bits per heavy atom. The van der Waals surface area contributed by atoms with Crippen LogP contribution in [-0.4, -0.2) is 35.5 Å². The second kappa shape index (κ2) is 6.37. The van der Waals surface area contributed by atoms with Gasteiger partial charge in [-0.1, -0.05) is 32.0 Å². The fourth-order valence-electron chi connectivity index (χ4n) is 1.53. The van der Waals surface area contributed by atoms with Crippen molar-refractivity contribution >= 4 is 5.97 Å². The molecule has 0 aliphatic carbocycles. The largest absolute Gasteiger partial charge is 0.454 e. The molecular formula is C13H18O4. The lowest BCUT2D eigenvalue weighted by Gasteiger charge is -2.15. The molecule has 1 rings (SSSR count). The maximum absolute atomic E-state index is 11.9. The predicted molar refractivity (Wildman–Crippen MR) is 63.9 cm³/mol. The zero-order valence-electron chi connectivity index (χ0n) is 10.1. The molecule has 0 saturated carbocycles. The number of benzene rings is 1. The highest BCUT2D eigenvalue weighted by Crippen LogP contribution is 2.20. The van der Waals surface area contributed by atoms with Crippen molar-refractivity contribution in [2.75, 3.05) is 13.2 Å². The van der Waals surface area contributed by atoms with Crippen molar-refractivity contribution in [2.24, 2.45) is 0 Å². The number of esters is 1. The molecule has 4 nitrogen and oxygen atoms in total. The van der Waals surface area contributed by atoms with E-state index in [9.17, 15) is 4.79 Å². The molecule has 0 atom stereocenters. The fourth-order valence-corrected chi connectivity index (χ4v) is 1.53. The van der Waals surface area contributed by atoms with E-state index in [1.54, 1.807) is 12.1 Å². The third-order valence-corrected chi connectivity index (χ3v) is 2.48. The van der Waals surface area contributed by atoms with Crippen LogP contribution in [0.5, 0.6) is 0 Å². The molecule has 2 N–H and O–H groups in total. The molecule has 4 heteroatoms. The minimum Gasteiger partial charge on any atom is -0.454 e.